The van der Waals surface area contributed by atoms with Crippen molar-refractivity contribution in [3.8, 4) is 0 Å². The SMILES string of the molecule is Cc1ccc(NCC(=O)N/N=C\c2c[nH]c3ccccc23)c(C)c1. The molecule has 0 atom stereocenters. The number of aromatic nitrogens is 1. The molecule has 0 unspecified atom stereocenters. The molecule has 3 aromatic rings. The Hall–Kier alpha value is -3.08. The summed E-state index contributed by atoms with van der Waals surface area (Å²) in [5.41, 5.74) is 7.79. The summed E-state index contributed by atoms with van der Waals surface area (Å²) in [5.74, 6) is -0.189. The molecule has 5 nitrogen and oxygen atoms in total. The molecule has 5 heteroatoms. The van der Waals surface area contributed by atoms with E-state index in [1.165, 1.54) is 5.56 Å². The molecule has 0 aliphatic rings. The van der Waals surface area contributed by atoms with E-state index in [0.717, 1.165) is 27.7 Å². The Morgan fingerprint density at radius 2 is 2.04 bits per heavy atom. The van der Waals surface area contributed by atoms with Crippen LogP contribution in [0.25, 0.3) is 10.9 Å². The molecule has 0 fully saturated rings. The molecule has 2 aromatic carbocycles. The summed E-state index contributed by atoms with van der Waals surface area (Å²) in [6, 6.07) is 14.0. The van der Waals surface area contributed by atoms with E-state index < -0.39 is 0 Å². The molecule has 0 saturated carbocycles. The highest BCUT2D eigenvalue weighted by Gasteiger charge is 2.03. The minimum absolute atomic E-state index is 0.176. The molecule has 0 aliphatic heterocycles. The van der Waals surface area contributed by atoms with Crippen molar-refractivity contribution < 1.29 is 4.79 Å². The van der Waals surface area contributed by atoms with Gasteiger partial charge in [-0.25, -0.2) is 5.43 Å². The Morgan fingerprint density at radius 1 is 1.21 bits per heavy atom. The number of aromatic amines is 1. The third kappa shape index (κ3) is 3.63. The fourth-order valence-electron chi connectivity index (χ4n) is 2.60. The zero-order valence-electron chi connectivity index (χ0n) is 13.8. The Morgan fingerprint density at radius 3 is 2.88 bits per heavy atom. The molecule has 0 bridgehead atoms. The first-order valence-corrected chi connectivity index (χ1v) is 7.82. The van der Waals surface area contributed by atoms with Gasteiger partial charge in [0.2, 0.25) is 0 Å². The van der Waals surface area contributed by atoms with E-state index in [1.807, 2.05) is 56.4 Å². The van der Waals surface area contributed by atoms with Crippen LogP contribution in [0.3, 0.4) is 0 Å². The molecule has 1 heterocycles. The van der Waals surface area contributed by atoms with Crippen LogP contribution in [0.1, 0.15) is 16.7 Å². The number of benzene rings is 2. The smallest absolute Gasteiger partial charge is 0.259 e. The number of carbonyl (C=O) groups is 1. The summed E-state index contributed by atoms with van der Waals surface area (Å²) in [4.78, 5) is 15.1. The van der Waals surface area contributed by atoms with Crippen molar-refractivity contribution in [3.63, 3.8) is 0 Å². The molecule has 0 radical (unpaired) electrons. The molecule has 24 heavy (non-hydrogen) atoms. The van der Waals surface area contributed by atoms with Crippen LogP contribution in [0.5, 0.6) is 0 Å². The number of H-pyrrole nitrogens is 1. The fourth-order valence-corrected chi connectivity index (χ4v) is 2.60. The number of hydrogen-bond acceptors (Lipinski definition) is 3. The van der Waals surface area contributed by atoms with Gasteiger partial charge in [-0.15, -0.1) is 0 Å². The Kier molecular flexibility index (Phi) is 4.61. The van der Waals surface area contributed by atoms with Gasteiger partial charge in [-0.3, -0.25) is 4.79 Å². The highest BCUT2D eigenvalue weighted by Crippen LogP contribution is 2.16. The predicted octanol–water partition coefficient (Wildman–Crippen LogP) is 3.35. The average molecular weight is 320 g/mol. The summed E-state index contributed by atoms with van der Waals surface area (Å²) >= 11 is 0. The Labute approximate surface area is 140 Å². The van der Waals surface area contributed by atoms with E-state index in [2.05, 4.69) is 26.9 Å². The maximum Gasteiger partial charge on any atom is 0.259 e. The molecule has 1 amide bonds. The van der Waals surface area contributed by atoms with E-state index >= 15 is 0 Å². The van der Waals surface area contributed by atoms with Crippen LogP contribution in [-0.4, -0.2) is 23.7 Å². The zero-order chi connectivity index (χ0) is 16.9. The molecule has 122 valence electrons. The van der Waals surface area contributed by atoms with E-state index in [-0.39, 0.29) is 12.5 Å². The summed E-state index contributed by atoms with van der Waals surface area (Å²) in [6.07, 6.45) is 3.52. The lowest BCUT2D eigenvalue weighted by Gasteiger charge is -2.09. The topological polar surface area (TPSA) is 69.3 Å². The van der Waals surface area contributed by atoms with Crippen molar-refractivity contribution in [3.05, 3.63) is 65.4 Å². The lowest BCUT2D eigenvalue weighted by atomic mass is 10.1. The van der Waals surface area contributed by atoms with Gasteiger partial charge in [0, 0.05) is 28.4 Å². The second-order valence-electron chi connectivity index (χ2n) is 5.75. The van der Waals surface area contributed by atoms with Crippen LogP contribution in [0.2, 0.25) is 0 Å². The van der Waals surface area contributed by atoms with Gasteiger partial charge < -0.3 is 10.3 Å². The largest absolute Gasteiger partial charge is 0.376 e. The van der Waals surface area contributed by atoms with Crippen LogP contribution in [0.4, 0.5) is 5.69 Å². The van der Waals surface area contributed by atoms with E-state index in [0.29, 0.717) is 0 Å². The number of nitrogens with zero attached hydrogens (tertiary/aromatic N) is 1. The van der Waals surface area contributed by atoms with Gasteiger partial charge in [-0.1, -0.05) is 35.9 Å². The number of para-hydroxylation sites is 1. The third-order valence-electron chi connectivity index (χ3n) is 3.84. The first-order chi connectivity index (χ1) is 11.6. The van der Waals surface area contributed by atoms with Gasteiger partial charge in [-0.05, 0) is 31.5 Å². The molecule has 0 saturated heterocycles. The highest BCUT2D eigenvalue weighted by atomic mass is 16.2. The molecular formula is C19H20N4O. The lowest BCUT2D eigenvalue weighted by Crippen LogP contribution is -2.26. The fraction of sp³-hybridized carbons (Fsp3) is 0.158. The molecule has 3 N–H and O–H groups in total. The van der Waals surface area contributed by atoms with Crippen molar-refractivity contribution >= 4 is 28.7 Å². The molecule has 0 spiro atoms. The van der Waals surface area contributed by atoms with Crippen LogP contribution in [0.15, 0.2) is 53.8 Å². The number of hydrogen-bond donors (Lipinski definition) is 3. The minimum atomic E-state index is -0.189. The Bertz CT molecular complexity index is 895. The second-order valence-corrected chi connectivity index (χ2v) is 5.75. The van der Waals surface area contributed by atoms with Gasteiger partial charge in [0.15, 0.2) is 0 Å². The van der Waals surface area contributed by atoms with E-state index in [4.69, 9.17) is 0 Å². The monoisotopic (exact) mass is 320 g/mol. The van der Waals surface area contributed by atoms with Crippen molar-refractivity contribution in [2.24, 2.45) is 5.10 Å². The summed E-state index contributed by atoms with van der Waals surface area (Å²) < 4.78 is 0. The second kappa shape index (κ2) is 7.00. The molecular weight excluding hydrogens is 300 g/mol. The predicted molar refractivity (Wildman–Crippen MR) is 98.4 cm³/mol. The van der Waals surface area contributed by atoms with Gasteiger partial charge in [0.25, 0.3) is 5.91 Å². The van der Waals surface area contributed by atoms with Crippen LogP contribution in [-0.2, 0) is 4.79 Å². The first-order valence-electron chi connectivity index (χ1n) is 7.82. The normalized spacial score (nSPS) is 11.1. The quantitative estimate of drug-likeness (QED) is 0.498. The minimum Gasteiger partial charge on any atom is -0.376 e. The highest BCUT2D eigenvalue weighted by molar-refractivity contribution is 5.99. The number of rotatable bonds is 5. The number of fused-ring (bicyclic) bond motifs is 1. The number of nitrogens with one attached hydrogen (secondary N) is 3. The zero-order valence-corrected chi connectivity index (χ0v) is 13.8. The van der Waals surface area contributed by atoms with E-state index in [1.54, 1.807) is 6.21 Å². The van der Waals surface area contributed by atoms with Gasteiger partial charge >= 0.3 is 0 Å². The summed E-state index contributed by atoms with van der Waals surface area (Å²) in [6.45, 7) is 4.24. The maximum atomic E-state index is 11.9. The summed E-state index contributed by atoms with van der Waals surface area (Å²) in [7, 11) is 0. The maximum absolute atomic E-state index is 11.9. The van der Waals surface area contributed by atoms with Gasteiger partial charge in [0.05, 0.1) is 12.8 Å². The Balaban J connectivity index is 1.55. The molecule has 3 rings (SSSR count). The van der Waals surface area contributed by atoms with Crippen molar-refractivity contribution in [2.45, 2.75) is 13.8 Å². The average Bonchev–Trinajstić information content (AvgIpc) is 2.97. The van der Waals surface area contributed by atoms with Crippen LogP contribution < -0.4 is 10.7 Å². The van der Waals surface area contributed by atoms with Crippen LogP contribution >= 0.6 is 0 Å². The number of amides is 1. The number of anilines is 1. The van der Waals surface area contributed by atoms with Gasteiger partial charge in [-0.2, -0.15) is 5.10 Å². The number of hydrazone groups is 1. The van der Waals surface area contributed by atoms with Crippen LogP contribution in [0, 0.1) is 13.8 Å². The lowest BCUT2D eigenvalue weighted by molar-refractivity contribution is -0.119. The van der Waals surface area contributed by atoms with Crippen molar-refractivity contribution in [1.29, 1.82) is 0 Å². The number of aryl methyl sites for hydroxylation is 2. The summed E-state index contributed by atoms with van der Waals surface area (Å²) in [5, 5.41) is 8.22. The molecule has 0 aliphatic carbocycles. The number of carbonyl (C=O) groups excluding carboxylic acids is 1. The van der Waals surface area contributed by atoms with Crippen molar-refractivity contribution in [1.82, 2.24) is 10.4 Å². The third-order valence-corrected chi connectivity index (χ3v) is 3.84. The molecule has 1 aromatic heterocycles. The standard InChI is InChI=1S/C19H20N4O/c1-13-7-8-17(14(2)9-13)21-12-19(24)23-22-11-15-10-20-18-6-4-3-5-16(15)18/h3-11,20-21H,12H2,1-2H3,(H,23,24)/b22-11-. The van der Waals surface area contributed by atoms with Crippen molar-refractivity contribution in [2.75, 3.05) is 11.9 Å². The first kappa shape index (κ1) is 15.8. The van der Waals surface area contributed by atoms with Gasteiger partial charge in [0.1, 0.15) is 0 Å². The van der Waals surface area contributed by atoms with E-state index in [9.17, 15) is 4.79 Å².